The summed E-state index contributed by atoms with van der Waals surface area (Å²) in [6.45, 7) is 0. The fourth-order valence-electron chi connectivity index (χ4n) is 1.71. The molecule has 0 fully saturated rings. The first-order valence-corrected chi connectivity index (χ1v) is 5.85. The molecule has 6 nitrogen and oxygen atoms in total. The number of hydrogen-bond acceptors (Lipinski definition) is 4. The number of nitrogens with one attached hydrogen (secondary N) is 1. The maximum absolute atomic E-state index is 12.1. The van der Waals surface area contributed by atoms with Crippen LogP contribution in [-0.4, -0.2) is 34.7 Å². The normalized spacial score (nSPS) is 10.3. The Bertz CT molecular complexity index is 603. The van der Waals surface area contributed by atoms with E-state index in [9.17, 15) is 4.79 Å². The van der Waals surface area contributed by atoms with Gasteiger partial charge in [-0.15, -0.1) is 0 Å². The van der Waals surface area contributed by atoms with Crippen molar-refractivity contribution in [2.24, 2.45) is 7.05 Å². The topological polar surface area (TPSA) is 76.2 Å². The number of aryl methyl sites for hydroxylation is 1. The number of aromatic nitrogens is 2. The van der Waals surface area contributed by atoms with Crippen LogP contribution in [0.3, 0.4) is 0 Å². The SMILES string of the molecule is CN(C)C(=O)c1ccc(N)cc1Nc1ccn(C)n1. The Labute approximate surface area is 111 Å². The Balaban J connectivity index is 2.37. The molecule has 0 unspecified atom stereocenters. The van der Waals surface area contributed by atoms with Crippen molar-refractivity contribution >= 4 is 23.1 Å². The molecule has 2 aromatic rings. The average Bonchev–Trinajstić information content (AvgIpc) is 2.74. The van der Waals surface area contributed by atoms with Crippen LogP contribution < -0.4 is 11.1 Å². The van der Waals surface area contributed by atoms with Crippen molar-refractivity contribution in [2.45, 2.75) is 0 Å². The second kappa shape index (κ2) is 5.01. The van der Waals surface area contributed by atoms with Gasteiger partial charge < -0.3 is 16.0 Å². The summed E-state index contributed by atoms with van der Waals surface area (Å²) in [6.07, 6.45) is 1.82. The summed E-state index contributed by atoms with van der Waals surface area (Å²) in [5.74, 6) is 0.583. The van der Waals surface area contributed by atoms with E-state index >= 15 is 0 Å². The molecule has 6 heteroatoms. The number of carbonyl (C=O) groups is 1. The van der Waals surface area contributed by atoms with E-state index in [0.29, 0.717) is 22.8 Å². The van der Waals surface area contributed by atoms with Crippen molar-refractivity contribution < 1.29 is 4.79 Å². The first-order valence-electron chi connectivity index (χ1n) is 5.85. The first-order chi connectivity index (χ1) is 8.97. The van der Waals surface area contributed by atoms with E-state index in [4.69, 9.17) is 5.73 Å². The van der Waals surface area contributed by atoms with Gasteiger partial charge in [0.1, 0.15) is 0 Å². The first kappa shape index (κ1) is 12.9. The molecular weight excluding hydrogens is 242 g/mol. The highest BCUT2D eigenvalue weighted by atomic mass is 16.2. The number of benzene rings is 1. The minimum atomic E-state index is -0.0848. The molecule has 1 aromatic heterocycles. The van der Waals surface area contributed by atoms with Crippen LogP contribution in [-0.2, 0) is 7.05 Å². The molecule has 0 atom stereocenters. The van der Waals surface area contributed by atoms with Gasteiger partial charge in [-0.1, -0.05) is 0 Å². The van der Waals surface area contributed by atoms with Gasteiger partial charge in [0, 0.05) is 39.1 Å². The lowest BCUT2D eigenvalue weighted by atomic mass is 10.1. The number of rotatable bonds is 3. The molecule has 0 saturated heterocycles. The number of anilines is 3. The highest BCUT2D eigenvalue weighted by Crippen LogP contribution is 2.23. The number of amides is 1. The van der Waals surface area contributed by atoms with Gasteiger partial charge in [-0.05, 0) is 18.2 Å². The van der Waals surface area contributed by atoms with Crippen LogP contribution in [0.15, 0.2) is 30.5 Å². The zero-order valence-corrected chi connectivity index (χ0v) is 11.2. The van der Waals surface area contributed by atoms with Crippen LogP contribution in [0, 0.1) is 0 Å². The number of hydrogen-bond donors (Lipinski definition) is 2. The minimum Gasteiger partial charge on any atom is -0.399 e. The van der Waals surface area contributed by atoms with E-state index < -0.39 is 0 Å². The largest absolute Gasteiger partial charge is 0.399 e. The Morgan fingerprint density at radius 2 is 2.11 bits per heavy atom. The summed E-state index contributed by atoms with van der Waals surface area (Å²) in [5, 5.41) is 7.33. The van der Waals surface area contributed by atoms with Gasteiger partial charge >= 0.3 is 0 Å². The van der Waals surface area contributed by atoms with Crippen LogP contribution in [0.1, 0.15) is 10.4 Å². The number of nitrogens with two attached hydrogens (primary N) is 1. The highest BCUT2D eigenvalue weighted by Gasteiger charge is 2.14. The summed E-state index contributed by atoms with van der Waals surface area (Å²) in [7, 11) is 5.25. The molecule has 0 bridgehead atoms. The van der Waals surface area contributed by atoms with Crippen molar-refractivity contribution in [3.63, 3.8) is 0 Å². The lowest BCUT2D eigenvalue weighted by molar-refractivity contribution is 0.0828. The van der Waals surface area contributed by atoms with Gasteiger partial charge in [0.05, 0.1) is 11.3 Å². The molecule has 1 amide bonds. The Hall–Kier alpha value is -2.50. The summed E-state index contributed by atoms with van der Waals surface area (Å²) >= 11 is 0. The van der Waals surface area contributed by atoms with Crippen LogP contribution >= 0.6 is 0 Å². The molecule has 0 radical (unpaired) electrons. The Morgan fingerprint density at radius 3 is 2.68 bits per heavy atom. The quantitative estimate of drug-likeness (QED) is 0.818. The van der Waals surface area contributed by atoms with Crippen LogP contribution in [0.4, 0.5) is 17.2 Å². The minimum absolute atomic E-state index is 0.0848. The van der Waals surface area contributed by atoms with E-state index in [1.807, 2.05) is 19.3 Å². The molecule has 0 aliphatic rings. The molecule has 19 heavy (non-hydrogen) atoms. The monoisotopic (exact) mass is 259 g/mol. The molecule has 1 aromatic carbocycles. The van der Waals surface area contributed by atoms with Gasteiger partial charge in [-0.25, -0.2) is 0 Å². The standard InChI is InChI=1S/C13H17N5O/c1-17(2)13(19)10-5-4-9(14)8-11(10)15-12-6-7-18(3)16-12/h4-8H,14H2,1-3H3,(H,15,16). The smallest absolute Gasteiger partial charge is 0.255 e. The predicted molar refractivity (Wildman–Crippen MR) is 75.4 cm³/mol. The zero-order valence-electron chi connectivity index (χ0n) is 11.2. The molecule has 0 aliphatic carbocycles. The molecule has 2 rings (SSSR count). The average molecular weight is 259 g/mol. The third kappa shape index (κ3) is 2.85. The fraction of sp³-hybridized carbons (Fsp3) is 0.231. The maximum Gasteiger partial charge on any atom is 0.255 e. The fourth-order valence-corrected chi connectivity index (χ4v) is 1.71. The van der Waals surface area contributed by atoms with Gasteiger partial charge in [-0.2, -0.15) is 5.10 Å². The van der Waals surface area contributed by atoms with Crippen molar-refractivity contribution in [3.05, 3.63) is 36.0 Å². The molecule has 3 N–H and O–H groups in total. The molecule has 100 valence electrons. The van der Waals surface area contributed by atoms with Crippen molar-refractivity contribution in [1.29, 1.82) is 0 Å². The summed E-state index contributed by atoms with van der Waals surface area (Å²) in [5.41, 5.74) is 7.57. The van der Waals surface area contributed by atoms with Gasteiger partial charge in [0.2, 0.25) is 0 Å². The molecular formula is C13H17N5O. The molecule has 1 heterocycles. The summed E-state index contributed by atoms with van der Waals surface area (Å²) < 4.78 is 1.68. The lowest BCUT2D eigenvalue weighted by Gasteiger charge is -2.15. The zero-order chi connectivity index (χ0) is 14.0. The van der Waals surface area contributed by atoms with Gasteiger partial charge in [0.25, 0.3) is 5.91 Å². The number of carbonyl (C=O) groups excluding carboxylic acids is 1. The van der Waals surface area contributed by atoms with Gasteiger partial charge in [-0.3, -0.25) is 9.48 Å². The number of nitrogens with zero attached hydrogens (tertiary/aromatic N) is 3. The van der Waals surface area contributed by atoms with E-state index in [1.165, 1.54) is 4.90 Å². The molecule has 0 saturated carbocycles. The maximum atomic E-state index is 12.1. The van der Waals surface area contributed by atoms with Crippen LogP contribution in [0.5, 0.6) is 0 Å². The lowest BCUT2D eigenvalue weighted by Crippen LogP contribution is -2.22. The second-order valence-electron chi connectivity index (χ2n) is 4.50. The van der Waals surface area contributed by atoms with Crippen LogP contribution in [0.2, 0.25) is 0 Å². The van der Waals surface area contributed by atoms with Crippen molar-refractivity contribution in [3.8, 4) is 0 Å². The van der Waals surface area contributed by atoms with Crippen LogP contribution in [0.25, 0.3) is 0 Å². The molecule has 0 spiro atoms. The number of nitrogen functional groups attached to an aromatic ring is 1. The van der Waals surface area contributed by atoms with Crippen molar-refractivity contribution in [2.75, 3.05) is 25.1 Å². The van der Waals surface area contributed by atoms with E-state index in [0.717, 1.165) is 0 Å². The molecule has 0 aliphatic heterocycles. The summed E-state index contributed by atoms with van der Waals surface area (Å²) in [4.78, 5) is 13.6. The van der Waals surface area contributed by atoms with E-state index in [2.05, 4.69) is 10.4 Å². The predicted octanol–water partition coefficient (Wildman–Crippen LogP) is 1.45. The second-order valence-corrected chi connectivity index (χ2v) is 4.50. The third-order valence-corrected chi connectivity index (χ3v) is 2.66. The summed E-state index contributed by atoms with van der Waals surface area (Å²) in [6, 6.07) is 6.97. The van der Waals surface area contributed by atoms with Gasteiger partial charge in [0.15, 0.2) is 5.82 Å². The highest BCUT2D eigenvalue weighted by molar-refractivity contribution is 6.00. The van der Waals surface area contributed by atoms with Crippen molar-refractivity contribution in [1.82, 2.24) is 14.7 Å². The Kier molecular flexibility index (Phi) is 3.41. The Morgan fingerprint density at radius 1 is 1.37 bits per heavy atom. The van der Waals surface area contributed by atoms with E-state index in [-0.39, 0.29) is 5.91 Å². The van der Waals surface area contributed by atoms with E-state index in [1.54, 1.807) is 37.0 Å². The third-order valence-electron chi connectivity index (χ3n) is 2.66.